The third-order valence-electron chi connectivity index (χ3n) is 4.07. The van der Waals surface area contributed by atoms with Crippen molar-refractivity contribution in [3.63, 3.8) is 0 Å². The fourth-order valence-electron chi connectivity index (χ4n) is 3.01. The van der Waals surface area contributed by atoms with Gasteiger partial charge in [0.2, 0.25) is 0 Å². The van der Waals surface area contributed by atoms with Crippen LogP contribution < -0.4 is 0 Å². The van der Waals surface area contributed by atoms with Gasteiger partial charge in [0.1, 0.15) is 13.2 Å². The molecule has 0 aromatic rings. The molecule has 4 nitrogen and oxygen atoms in total. The van der Waals surface area contributed by atoms with Gasteiger partial charge in [-0.05, 0) is 6.08 Å². The summed E-state index contributed by atoms with van der Waals surface area (Å²) < 4.78 is 11.5. The lowest BCUT2D eigenvalue weighted by Gasteiger charge is -2.41. The van der Waals surface area contributed by atoms with Gasteiger partial charge in [-0.3, -0.25) is 9.80 Å². The highest BCUT2D eigenvalue weighted by Crippen LogP contribution is 2.33. The van der Waals surface area contributed by atoms with E-state index in [1.165, 1.54) is 0 Å². The van der Waals surface area contributed by atoms with Crippen LogP contribution in [-0.2, 0) is 9.47 Å². The molecule has 6 heteroatoms. The lowest BCUT2D eigenvalue weighted by atomic mass is 10.0. The maximum atomic E-state index is 6.27. The van der Waals surface area contributed by atoms with Crippen LogP contribution >= 0.6 is 23.2 Å². The van der Waals surface area contributed by atoms with Crippen molar-refractivity contribution >= 4 is 23.2 Å². The molecule has 1 atom stereocenters. The molecule has 0 aromatic heterocycles. The lowest BCUT2D eigenvalue weighted by Crippen LogP contribution is -2.52. The zero-order valence-electron chi connectivity index (χ0n) is 11.5. The number of rotatable bonds is 3. The van der Waals surface area contributed by atoms with Crippen LogP contribution in [0.5, 0.6) is 0 Å². The van der Waals surface area contributed by atoms with E-state index in [1.54, 1.807) is 0 Å². The first-order chi connectivity index (χ1) is 9.78. The summed E-state index contributed by atoms with van der Waals surface area (Å²) in [7, 11) is 0. The Bertz CT molecular complexity index is 417. The molecular formula is C14H20Cl2N2O2. The topological polar surface area (TPSA) is 24.9 Å². The molecule has 3 aliphatic rings. The monoisotopic (exact) mass is 318 g/mol. The molecule has 112 valence electrons. The van der Waals surface area contributed by atoms with Crippen LogP contribution in [0, 0.1) is 0 Å². The van der Waals surface area contributed by atoms with Crippen LogP contribution in [0.15, 0.2) is 22.6 Å². The van der Waals surface area contributed by atoms with Crippen molar-refractivity contribution in [2.45, 2.75) is 12.5 Å². The van der Waals surface area contributed by atoms with Crippen molar-refractivity contribution in [2.24, 2.45) is 0 Å². The van der Waals surface area contributed by atoms with Crippen LogP contribution in [0.2, 0.25) is 0 Å². The Hall–Kier alpha value is -0.420. The second kappa shape index (κ2) is 6.56. The van der Waals surface area contributed by atoms with Gasteiger partial charge >= 0.3 is 0 Å². The molecule has 1 aliphatic carbocycles. The molecule has 0 saturated carbocycles. The maximum absolute atomic E-state index is 6.27. The molecule has 1 fully saturated rings. The van der Waals surface area contributed by atoms with E-state index in [9.17, 15) is 0 Å². The van der Waals surface area contributed by atoms with Crippen LogP contribution in [0.1, 0.15) is 6.42 Å². The third kappa shape index (κ3) is 3.08. The van der Waals surface area contributed by atoms with Gasteiger partial charge in [-0.25, -0.2) is 0 Å². The molecule has 0 radical (unpaired) electrons. The van der Waals surface area contributed by atoms with Gasteiger partial charge in [0.15, 0.2) is 11.5 Å². The maximum Gasteiger partial charge on any atom is 0.159 e. The Labute approximate surface area is 129 Å². The number of hydrogen-bond donors (Lipinski definition) is 0. The van der Waals surface area contributed by atoms with Crippen LogP contribution in [0.3, 0.4) is 0 Å². The first-order valence-corrected chi connectivity index (χ1v) is 8.07. The van der Waals surface area contributed by atoms with Crippen LogP contribution in [0.25, 0.3) is 0 Å². The van der Waals surface area contributed by atoms with Crippen molar-refractivity contribution in [1.29, 1.82) is 0 Å². The van der Waals surface area contributed by atoms with Gasteiger partial charge in [0.05, 0.1) is 6.04 Å². The minimum Gasteiger partial charge on any atom is -0.489 e. The van der Waals surface area contributed by atoms with Gasteiger partial charge in [0.25, 0.3) is 0 Å². The highest BCUT2D eigenvalue weighted by Gasteiger charge is 2.34. The number of piperazine rings is 1. The Morgan fingerprint density at radius 1 is 1.15 bits per heavy atom. The molecule has 1 saturated heterocycles. The summed E-state index contributed by atoms with van der Waals surface area (Å²) in [6.07, 6.45) is 2.72. The highest BCUT2D eigenvalue weighted by atomic mass is 35.5. The number of allylic oxidation sites excluding steroid dienone is 1. The molecule has 20 heavy (non-hydrogen) atoms. The average Bonchev–Trinajstić information content (AvgIpc) is 2.47. The summed E-state index contributed by atoms with van der Waals surface area (Å²) in [5.74, 6) is 2.48. The van der Waals surface area contributed by atoms with E-state index in [0.717, 1.165) is 55.7 Å². The Balaban J connectivity index is 1.68. The number of ether oxygens (including phenoxy) is 2. The van der Waals surface area contributed by atoms with Crippen molar-refractivity contribution in [3.05, 3.63) is 22.6 Å². The molecule has 0 aromatic carbocycles. The lowest BCUT2D eigenvalue weighted by molar-refractivity contribution is 0.0213. The summed E-state index contributed by atoms with van der Waals surface area (Å²) in [4.78, 5) is 4.85. The fraction of sp³-hybridized carbons (Fsp3) is 0.714. The summed E-state index contributed by atoms with van der Waals surface area (Å²) in [5.41, 5.74) is 0. The van der Waals surface area contributed by atoms with E-state index in [-0.39, 0.29) is 6.04 Å². The first-order valence-electron chi connectivity index (χ1n) is 7.16. The number of halogens is 2. The Kier molecular flexibility index (Phi) is 4.76. The van der Waals surface area contributed by atoms with Crippen molar-refractivity contribution < 1.29 is 9.47 Å². The summed E-state index contributed by atoms with van der Waals surface area (Å²) in [6, 6.07) is 0.223. The van der Waals surface area contributed by atoms with Gasteiger partial charge in [-0.2, -0.15) is 0 Å². The summed E-state index contributed by atoms with van der Waals surface area (Å²) in [6.45, 7) is 6.34. The minimum atomic E-state index is 0.223. The van der Waals surface area contributed by atoms with Crippen LogP contribution in [-0.4, -0.2) is 67.7 Å². The largest absolute Gasteiger partial charge is 0.489 e. The van der Waals surface area contributed by atoms with Gasteiger partial charge in [0, 0.05) is 50.1 Å². The Morgan fingerprint density at radius 2 is 1.90 bits per heavy atom. The first kappa shape index (κ1) is 14.5. The van der Waals surface area contributed by atoms with E-state index in [4.69, 9.17) is 32.7 Å². The van der Waals surface area contributed by atoms with Crippen LogP contribution in [0.4, 0.5) is 0 Å². The highest BCUT2D eigenvalue weighted by molar-refractivity contribution is 6.29. The van der Waals surface area contributed by atoms with E-state index in [2.05, 4.69) is 9.80 Å². The normalized spacial score (nSPS) is 28.5. The number of alkyl halides is 1. The van der Waals surface area contributed by atoms with Gasteiger partial charge < -0.3 is 9.47 Å². The molecule has 0 bridgehead atoms. The molecule has 2 heterocycles. The molecule has 2 aliphatic heterocycles. The third-order valence-corrected chi connectivity index (χ3v) is 4.50. The fourth-order valence-corrected chi connectivity index (χ4v) is 3.49. The number of hydrogen-bond acceptors (Lipinski definition) is 4. The van der Waals surface area contributed by atoms with E-state index in [1.807, 2.05) is 6.08 Å². The molecule has 0 spiro atoms. The standard InChI is InChI=1S/C14H20Cl2N2O2/c15-1-2-17-3-5-18(6-4-17)12-9-11(16)10-13-14(12)20-8-7-19-13/h10,12H,1-9H2. The van der Waals surface area contributed by atoms with E-state index in [0.29, 0.717) is 19.1 Å². The van der Waals surface area contributed by atoms with E-state index >= 15 is 0 Å². The van der Waals surface area contributed by atoms with Crippen molar-refractivity contribution in [2.75, 3.05) is 51.8 Å². The molecular weight excluding hydrogens is 299 g/mol. The SMILES string of the molecule is ClCCN1CCN(C2CC(Cl)=CC3=C2OCCO3)CC1. The van der Waals surface area contributed by atoms with Crippen molar-refractivity contribution in [1.82, 2.24) is 9.80 Å². The average molecular weight is 319 g/mol. The second-order valence-electron chi connectivity index (χ2n) is 5.30. The van der Waals surface area contributed by atoms with E-state index < -0.39 is 0 Å². The minimum absolute atomic E-state index is 0.223. The summed E-state index contributed by atoms with van der Waals surface area (Å²) in [5, 5.41) is 0.849. The smallest absolute Gasteiger partial charge is 0.159 e. The van der Waals surface area contributed by atoms with Gasteiger partial charge in [-0.1, -0.05) is 11.6 Å². The quantitative estimate of drug-likeness (QED) is 0.743. The number of nitrogens with zero attached hydrogens (tertiary/aromatic N) is 2. The Morgan fingerprint density at radius 3 is 2.65 bits per heavy atom. The predicted octanol–water partition coefficient (Wildman–Crippen LogP) is 2.00. The summed E-state index contributed by atoms with van der Waals surface area (Å²) >= 11 is 12.1. The second-order valence-corrected chi connectivity index (χ2v) is 6.17. The van der Waals surface area contributed by atoms with Gasteiger partial charge in [-0.15, -0.1) is 11.6 Å². The van der Waals surface area contributed by atoms with Crippen molar-refractivity contribution in [3.8, 4) is 0 Å². The zero-order chi connectivity index (χ0) is 13.9. The molecule has 1 unspecified atom stereocenters. The zero-order valence-corrected chi connectivity index (χ0v) is 13.0. The molecule has 0 amide bonds. The molecule has 0 N–H and O–H groups in total. The predicted molar refractivity (Wildman–Crippen MR) is 80.0 cm³/mol. The molecule has 3 rings (SSSR count).